The molecular formula is C13H26N2O3. The fourth-order valence-corrected chi connectivity index (χ4v) is 1.59. The van der Waals surface area contributed by atoms with Crippen LogP contribution in [0.2, 0.25) is 0 Å². The third-order valence-electron chi connectivity index (χ3n) is 2.42. The molecule has 0 aliphatic carbocycles. The first-order valence-corrected chi connectivity index (χ1v) is 6.50. The Morgan fingerprint density at radius 2 is 1.78 bits per heavy atom. The molecule has 18 heavy (non-hydrogen) atoms. The van der Waals surface area contributed by atoms with Crippen molar-refractivity contribution in [2.24, 2.45) is 5.16 Å². The molecule has 0 atom stereocenters. The molecule has 106 valence electrons. The van der Waals surface area contributed by atoms with Gasteiger partial charge in [0.05, 0.1) is 12.3 Å². The van der Waals surface area contributed by atoms with Crippen LogP contribution in [0.5, 0.6) is 0 Å². The minimum Gasteiger partial charge on any atom is -0.381 e. The molecule has 0 bridgehead atoms. The van der Waals surface area contributed by atoms with Crippen LogP contribution in [0.15, 0.2) is 5.16 Å². The van der Waals surface area contributed by atoms with Crippen LogP contribution in [-0.2, 0) is 9.57 Å². The van der Waals surface area contributed by atoms with Gasteiger partial charge in [0.25, 0.3) is 0 Å². The molecule has 0 aliphatic heterocycles. The van der Waals surface area contributed by atoms with Crippen molar-refractivity contribution in [3.8, 4) is 0 Å². The van der Waals surface area contributed by atoms with Crippen molar-refractivity contribution < 1.29 is 14.4 Å². The maximum Gasteiger partial charge on any atom is 0.436 e. The normalized spacial score (nSPS) is 12.1. The molecule has 5 heteroatoms. The Balaban J connectivity index is 4.25. The lowest BCUT2D eigenvalue weighted by molar-refractivity contribution is 0.0810. The Labute approximate surface area is 110 Å². The van der Waals surface area contributed by atoms with E-state index in [2.05, 4.69) is 5.16 Å². The van der Waals surface area contributed by atoms with Gasteiger partial charge < -0.3 is 9.64 Å². The van der Waals surface area contributed by atoms with Gasteiger partial charge in [-0.25, -0.2) is 4.79 Å². The van der Waals surface area contributed by atoms with Gasteiger partial charge in [0.1, 0.15) is 0 Å². The van der Waals surface area contributed by atoms with Crippen LogP contribution in [0.4, 0.5) is 4.79 Å². The molecule has 0 radical (unpaired) electrons. The van der Waals surface area contributed by atoms with E-state index in [4.69, 9.17) is 9.57 Å². The predicted molar refractivity (Wildman–Crippen MR) is 72.8 cm³/mol. The summed E-state index contributed by atoms with van der Waals surface area (Å²) in [6, 6.07) is 0.188. The lowest BCUT2D eigenvalue weighted by atomic mass is 10.2. The standard InChI is InChI=1S/C13H26N2O3/c1-7-17-9-8-12(6)14-18-13(16)15(10(2)3)11(4)5/h10-11H,7-9H2,1-6H3/b14-12+. The Kier molecular flexibility index (Phi) is 8.37. The van der Waals surface area contributed by atoms with Crippen LogP contribution in [0.1, 0.15) is 48.0 Å². The van der Waals surface area contributed by atoms with Gasteiger partial charge in [-0.15, -0.1) is 0 Å². The van der Waals surface area contributed by atoms with E-state index in [0.29, 0.717) is 19.6 Å². The zero-order valence-corrected chi connectivity index (χ0v) is 12.4. The Morgan fingerprint density at radius 3 is 2.22 bits per heavy atom. The molecule has 0 N–H and O–H groups in total. The highest BCUT2D eigenvalue weighted by molar-refractivity contribution is 5.82. The molecule has 0 unspecified atom stereocenters. The summed E-state index contributed by atoms with van der Waals surface area (Å²) in [5.74, 6) is 0. The van der Waals surface area contributed by atoms with E-state index < -0.39 is 6.09 Å². The van der Waals surface area contributed by atoms with Gasteiger partial charge in [0.2, 0.25) is 0 Å². The van der Waals surface area contributed by atoms with Gasteiger partial charge in [-0.1, -0.05) is 5.16 Å². The molecule has 0 fully saturated rings. The lowest BCUT2D eigenvalue weighted by Crippen LogP contribution is -2.41. The van der Waals surface area contributed by atoms with Crippen molar-refractivity contribution in [3.05, 3.63) is 0 Å². The van der Waals surface area contributed by atoms with Crippen molar-refractivity contribution in [2.45, 2.75) is 60.0 Å². The number of hydrogen-bond acceptors (Lipinski definition) is 4. The number of amides is 1. The van der Waals surface area contributed by atoms with E-state index in [-0.39, 0.29) is 12.1 Å². The molecule has 0 spiro atoms. The first-order chi connectivity index (χ1) is 8.40. The molecule has 0 aliphatic rings. The average Bonchev–Trinajstić information content (AvgIpc) is 2.25. The van der Waals surface area contributed by atoms with E-state index in [1.165, 1.54) is 0 Å². The molecular weight excluding hydrogens is 232 g/mol. The van der Waals surface area contributed by atoms with Crippen LogP contribution in [0.25, 0.3) is 0 Å². The highest BCUT2D eigenvalue weighted by atomic mass is 16.7. The quantitative estimate of drug-likeness (QED) is 0.305. The second kappa shape index (κ2) is 8.91. The van der Waals surface area contributed by atoms with Crippen molar-refractivity contribution >= 4 is 11.8 Å². The third-order valence-corrected chi connectivity index (χ3v) is 2.42. The van der Waals surface area contributed by atoms with Crippen molar-refractivity contribution in [2.75, 3.05) is 13.2 Å². The minimum absolute atomic E-state index is 0.0939. The van der Waals surface area contributed by atoms with E-state index in [9.17, 15) is 4.79 Å². The van der Waals surface area contributed by atoms with E-state index in [1.807, 2.05) is 41.5 Å². The van der Waals surface area contributed by atoms with Gasteiger partial charge in [-0.2, -0.15) is 0 Å². The molecule has 0 rings (SSSR count). The van der Waals surface area contributed by atoms with E-state index in [1.54, 1.807) is 4.90 Å². The number of carbonyl (C=O) groups is 1. The van der Waals surface area contributed by atoms with Gasteiger partial charge in [-0.05, 0) is 41.5 Å². The highest BCUT2D eigenvalue weighted by Gasteiger charge is 2.21. The van der Waals surface area contributed by atoms with Crippen LogP contribution in [0.3, 0.4) is 0 Å². The summed E-state index contributed by atoms with van der Waals surface area (Å²) in [6.45, 7) is 12.8. The Morgan fingerprint density at radius 1 is 1.22 bits per heavy atom. The largest absolute Gasteiger partial charge is 0.436 e. The lowest BCUT2D eigenvalue weighted by Gasteiger charge is -2.28. The van der Waals surface area contributed by atoms with Crippen LogP contribution in [-0.4, -0.2) is 42.0 Å². The van der Waals surface area contributed by atoms with E-state index in [0.717, 1.165) is 5.71 Å². The van der Waals surface area contributed by atoms with Crippen molar-refractivity contribution in [3.63, 3.8) is 0 Å². The molecule has 0 aromatic carbocycles. The smallest absolute Gasteiger partial charge is 0.381 e. The monoisotopic (exact) mass is 258 g/mol. The van der Waals surface area contributed by atoms with Gasteiger partial charge in [0.15, 0.2) is 0 Å². The average molecular weight is 258 g/mol. The highest BCUT2D eigenvalue weighted by Crippen LogP contribution is 2.07. The second-order valence-electron chi connectivity index (χ2n) is 4.73. The summed E-state index contributed by atoms with van der Waals surface area (Å²) >= 11 is 0. The van der Waals surface area contributed by atoms with E-state index >= 15 is 0 Å². The molecule has 1 amide bonds. The van der Waals surface area contributed by atoms with Crippen molar-refractivity contribution in [1.82, 2.24) is 4.90 Å². The minimum atomic E-state index is -0.407. The summed E-state index contributed by atoms with van der Waals surface area (Å²) in [5.41, 5.74) is 0.754. The summed E-state index contributed by atoms with van der Waals surface area (Å²) in [6.07, 6.45) is 0.264. The molecule has 5 nitrogen and oxygen atoms in total. The number of nitrogens with zero attached hydrogens (tertiary/aromatic N) is 2. The predicted octanol–water partition coefficient (Wildman–Crippen LogP) is 3.04. The summed E-state index contributed by atoms with van der Waals surface area (Å²) in [7, 11) is 0. The first-order valence-electron chi connectivity index (χ1n) is 6.50. The number of oxime groups is 1. The van der Waals surface area contributed by atoms with Crippen LogP contribution >= 0.6 is 0 Å². The molecule has 0 aromatic rings. The van der Waals surface area contributed by atoms with Crippen molar-refractivity contribution in [1.29, 1.82) is 0 Å². The second-order valence-corrected chi connectivity index (χ2v) is 4.73. The molecule has 0 saturated carbocycles. The topological polar surface area (TPSA) is 51.1 Å². The SMILES string of the molecule is CCOCC/C(C)=N/OC(=O)N(C(C)C)C(C)C. The fraction of sp³-hybridized carbons (Fsp3) is 0.846. The number of hydrogen-bond donors (Lipinski definition) is 0. The first kappa shape index (κ1) is 16.9. The maximum atomic E-state index is 11.8. The van der Waals surface area contributed by atoms with Gasteiger partial charge in [-0.3, -0.25) is 4.84 Å². The molecule has 0 saturated heterocycles. The zero-order valence-electron chi connectivity index (χ0n) is 12.4. The third kappa shape index (κ3) is 6.59. The fourth-order valence-electron chi connectivity index (χ4n) is 1.59. The van der Waals surface area contributed by atoms with Gasteiger partial charge in [0, 0.05) is 25.1 Å². The number of carbonyl (C=O) groups excluding carboxylic acids is 1. The molecule has 0 heterocycles. The zero-order chi connectivity index (χ0) is 14.1. The Bertz CT molecular complexity index is 267. The van der Waals surface area contributed by atoms with Gasteiger partial charge >= 0.3 is 6.09 Å². The molecule has 0 aromatic heterocycles. The maximum absolute atomic E-state index is 11.8. The Hall–Kier alpha value is -1.10. The van der Waals surface area contributed by atoms with Crippen LogP contribution in [0, 0.1) is 0 Å². The number of ether oxygens (including phenoxy) is 1. The summed E-state index contributed by atoms with van der Waals surface area (Å²) < 4.78 is 5.20. The van der Waals surface area contributed by atoms with Crippen LogP contribution < -0.4 is 0 Å². The summed E-state index contributed by atoms with van der Waals surface area (Å²) in [5, 5.41) is 3.83. The number of rotatable bonds is 7. The summed E-state index contributed by atoms with van der Waals surface area (Å²) in [4.78, 5) is 18.4.